The molecule has 0 bridgehead atoms. The Labute approximate surface area is 108 Å². The molecule has 2 heteroatoms. The zero-order valence-electron chi connectivity index (χ0n) is 10.5. The van der Waals surface area contributed by atoms with E-state index in [2.05, 4.69) is 23.5 Å². The van der Waals surface area contributed by atoms with Crippen LogP contribution in [-0.2, 0) is 11.2 Å². The van der Waals surface area contributed by atoms with Crippen LogP contribution in [0.4, 0.5) is 0 Å². The van der Waals surface area contributed by atoms with Gasteiger partial charge in [-0.3, -0.25) is 4.79 Å². The summed E-state index contributed by atoms with van der Waals surface area (Å²) < 4.78 is 0. The van der Waals surface area contributed by atoms with Crippen LogP contribution in [0.5, 0.6) is 0 Å². The molecule has 0 aliphatic carbocycles. The Morgan fingerprint density at radius 3 is 2.39 bits per heavy atom. The van der Waals surface area contributed by atoms with Crippen LogP contribution in [0.3, 0.4) is 0 Å². The number of hydrogen-bond donors (Lipinski definition) is 1. The third kappa shape index (κ3) is 2.98. The fourth-order valence-electron chi connectivity index (χ4n) is 2.01. The Hall–Kier alpha value is -2.09. The quantitative estimate of drug-likeness (QED) is 0.873. The van der Waals surface area contributed by atoms with E-state index in [0.29, 0.717) is 13.0 Å². The third-order valence-electron chi connectivity index (χ3n) is 2.83. The number of hydrogen-bond acceptors (Lipinski definition) is 1. The molecular weight excluding hydrogens is 222 g/mol. The van der Waals surface area contributed by atoms with Crippen LogP contribution in [0.1, 0.15) is 12.5 Å². The summed E-state index contributed by atoms with van der Waals surface area (Å²) in [4.78, 5) is 11.7. The van der Waals surface area contributed by atoms with Crippen molar-refractivity contribution in [3.63, 3.8) is 0 Å². The molecule has 2 aromatic rings. The van der Waals surface area contributed by atoms with Crippen molar-refractivity contribution in [1.29, 1.82) is 0 Å². The molecule has 0 saturated carbocycles. The minimum Gasteiger partial charge on any atom is -0.356 e. The molecule has 0 aromatic heterocycles. The fraction of sp³-hybridized carbons (Fsp3) is 0.188. The summed E-state index contributed by atoms with van der Waals surface area (Å²) in [6.45, 7) is 2.60. The topological polar surface area (TPSA) is 29.1 Å². The molecule has 18 heavy (non-hydrogen) atoms. The van der Waals surface area contributed by atoms with Crippen LogP contribution < -0.4 is 5.32 Å². The van der Waals surface area contributed by atoms with Crippen molar-refractivity contribution in [3.8, 4) is 11.1 Å². The van der Waals surface area contributed by atoms with E-state index in [-0.39, 0.29) is 5.91 Å². The molecule has 92 valence electrons. The van der Waals surface area contributed by atoms with E-state index >= 15 is 0 Å². The van der Waals surface area contributed by atoms with Gasteiger partial charge in [0.2, 0.25) is 5.91 Å². The lowest BCUT2D eigenvalue weighted by molar-refractivity contribution is -0.120. The number of rotatable bonds is 4. The normalized spacial score (nSPS) is 10.1. The van der Waals surface area contributed by atoms with Crippen molar-refractivity contribution in [2.75, 3.05) is 6.54 Å². The van der Waals surface area contributed by atoms with Gasteiger partial charge in [-0.1, -0.05) is 54.6 Å². The monoisotopic (exact) mass is 239 g/mol. The number of amides is 1. The highest BCUT2D eigenvalue weighted by Gasteiger charge is 2.07. The Morgan fingerprint density at radius 1 is 1.00 bits per heavy atom. The summed E-state index contributed by atoms with van der Waals surface area (Å²) in [5.74, 6) is 0.0703. The van der Waals surface area contributed by atoms with E-state index in [1.165, 1.54) is 0 Å². The van der Waals surface area contributed by atoms with E-state index in [0.717, 1.165) is 16.7 Å². The smallest absolute Gasteiger partial charge is 0.224 e. The maximum Gasteiger partial charge on any atom is 0.224 e. The first-order chi connectivity index (χ1) is 8.81. The lowest BCUT2D eigenvalue weighted by atomic mass is 9.97. The molecular formula is C16H17NO. The van der Waals surface area contributed by atoms with E-state index in [9.17, 15) is 4.79 Å². The Morgan fingerprint density at radius 2 is 1.67 bits per heavy atom. The highest BCUT2D eigenvalue weighted by atomic mass is 16.1. The van der Waals surface area contributed by atoms with Crippen LogP contribution in [0.2, 0.25) is 0 Å². The van der Waals surface area contributed by atoms with Crippen LogP contribution in [0.15, 0.2) is 54.6 Å². The summed E-state index contributed by atoms with van der Waals surface area (Å²) in [5, 5.41) is 2.83. The molecule has 0 aliphatic rings. The maximum atomic E-state index is 11.7. The standard InChI is InChI=1S/C16H17NO/c1-2-17-16(18)12-14-10-6-7-11-15(14)13-8-4-3-5-9-13/h3-11H,2,12H2,1H3,(H,17,18). The lowest BCUT2D eigenvalue weighted by Gasteiger charge is -2.09. The van der Waals surface area contributed by atoms with Crippen molar-refractivity contribution in [2.45, 2.75) is 13.3 Å². The second kappa shape index (κ2) is 6.01. The third-order valence-corrected chi connectivity index (χ3v) is 2.83. The van der Waals surface area contributed by atoms with Crippen LogP contribution >= 0.6 is 0 Å². The molecule has 2 nitrogen and oxygen atoms in total. The number of benzene rings is 2. The lowest BCUT2D eigenvalue weighted by Crippen LogP contribution is -2.24. The van der Waals surface area contributed by atoms with E-state index in [4.69, 9.17) is 0 Å². The van der Waals surface area contributed by atoms with Gasteiger partial charge in [-0.2, -0.15) is 0 Å². The minimum atomic E-state index is 0.0703. The zero-order chi connectivity index (χ0) is 12.8. The van der Waals surface area contributed by atoms with Gasteiger partial charge in [0.15, 0.2) is 0 Å². The predicted molar refractivity (Wildman–Crippen MR) is 74.3 cm³/mol. The first-order valence-electron chi connectivity index (χ1n) is 6.21. The first-order valence-corrected chi connectivity index (χ1v) is 6.21. The van der Waals surface area contributed by atoms with Crippen LogP contribution in [0, 0.1) is 0 Å². The van der Waals surface area contributed by atoms with Crippen LogP contribution in [-0.4, -0.2) is 12.5 Å². The van der Waals surface area contributed by atoms with Crippen molar-refractivity contribution in [1.82, 2.24) is 5.32 Å². The molecule has 1 amide bonds. The molecule has 0 unspecified atom stereocenters. The Bertz CT molecular complexity index is 520. The molecule has 0 aliphatic heterocycles. The number of carbonyl (C=O) groups is 1. The van der Waals surface area contributed by atoms with Gasteiger partial charge in [0.05, 0.1) is 6.42 Å². The Balaban J connectivity index is 2.29. The summed E-state index contributed by atoms with van der Waals surface area (Å²) in [6.07, 6.45) is 0.429. The predicted octanol–water partition coefficient (Wildman–Crippen LogP) is 3.03. The van der Waals surface area contributed by atoms with Gasteiger partial charge >= 0.3 is 0 Å². The van der Waals surface area contributed by atoms with Gasteiger partial charge in [-0.15, -0.1) is 0 Å². The van der Waals surface area contributed by atoms with Crippen molar-refractivity contribution >= 4 is 5.91 Å². The summed E-state index contributed by atoms with van der Waals surface area (Å²) >= 11 is 0. The first kappa shape index (κ1) is 12.4. The fourth-order valence-corrected chi connectivity index (χ4v) is 2.01. The van der Waals surface area contributed by atoms with Gasteiger partial charge in [0.25, 0.3) is 0 Å². The van der Waals surface area contributed by atoms with E-state index in [1.807, 2.05) is 43.3 Å². The Kier molecular flexibility index (Phi) is 4.13. The van der Waals surface area contributed by atoms with E-state index < -0.39 is 0 Å². The summed E-state index contributed by atoms with van der Waals surface area (Å²) in [5.41, 5.74) is 3.34. The number of likely N-dealkylation sites (N-methyl/N-ethyl adjacent to an activating group) is 1. The van der Waals surface area contributed by atoms with Gasteiger partial charge in [0, 0.05) is 6.54 Å². The number of nitrogens with one attached hydrogen (secondary N) is 1. The minimum absolute atomic E-state index is 0.0703. The van der Waals surface area contributed by atoms with Gasteiger partial charge in [-0.05, 0) is 23.6 Å². The van der Waals surface area contributed by atoms with Crippen molar-refractivity contribution in [3.05, 3.63) is 60.2 Å². The average molecular weight is 239 g/mol. The average Bonchev–Trinajstić information content (AvgIpc) is 2.40. The SMILES string of the molecule is CCNC(=O)Cc1ccccc1-c1ccccc1. The number of carbonyl (C=O) groups excluding carboxylic acids is 1. The second-order valence-electron chi connectivity index (χ2n) is 4.15. The molecule has 0 spiro atoms. The molecule has 2 aromatic carbocycles. The molecule has 0 saturated heterocycles. The molecule has 1 N–H and O–H groups in total. The second-order valence-corrected chi connectivity index (χ2v) is 4.15. The molecule has 0 atom stereocenters. The molecule has 2 rings (SSSR count). The van der Waals surface area contributed by atoms with Crippen molar-refractivity contribution in [2.24, 2.45) is 0 Å². The maximum absolute atomic E-state index is 11.7. The van der Waals surface area contributed by atoms with Crippen molar-refractivity contribution < 1.29 is 4.79 Å². The van der Waals surface area contributed by atoms with Gasteiger partial charge in [0.1, 0.15) is 0 Å². The summed E-state index contributed by atoms with van der Waals surface area (Å²) in [6, 6.07) is 18.2. The van der Waals surface area contributed by atoms with Gasteiger partial charge in [-0.25, -0.2) is 0 Å². The molecule has 0 heterocycles. The highest BCUT2D eigenvalue weighted by molar-refractivity contribution is 5.81. The zero-order valence-corrected chi connectivity index (χ0v) is 10.5. The highest BCUT2D eigenvalue weighted by Crippen LogP contribution is 2.23. The molecule has 0 radical (unpaired) electrons. The van der Waals surface area contributed by atoms with Crippen LogP contribution in [0.25, 0.3) is 11.1 Å². The van der Waals surface area contributed by atoms with E-state index in [1.54, 1.807) is 0 Å². The molecule has 0 fully saturated rings. The summed E-state index contributed by atoms with van der Waals surface area (Å²) in [7, 11) is 0. The van der Waals surface area contributed by atoms with Gasteiger partial charge < -0.3 is 5.32 Å². The largest absolute Gasteiger partial charge is 0.356 e.